The maximum absolute atomic E-state index is 12.8. The first kappa shape index (κ1) is 25.7. The molecule has 2 aromatic heterocycles. The van der Waals surface area contributed by atoms with E-state index in [0.717, 1.165) is 5.56 Å². The summed E-state index contributed by atoms with van der Waals surface area (Å²) < 4.78 is 18.7. The predicted molar refractivity (Wildman–Crippen MR) is 132 cm³/mol. The van der Waals surface area contributed by atoms with Crippen LogP contribution >= 0.6 is 0 Å². The van der Waals surface area contributed by atoms with E-state index in [1.54, 1.807) is 24.3 Å². The molecule has 0 bridgehead atoms. The molecule has 1 atom stereocenters. The van der Waals surface area contributed by atoms with Gasteiger partial charge in [0.15, 0.2) is 11.5 Å². The molecule has 0 unspecified atom stereocenters. The van der Waals surface area contributed by atoms with Crippen molar-refractivity contribution in [2.75, 3.05) is 19.8 Å². The molecule has 1 aliphatic rings. The molecule has 0 spiro atoms. The van der Waals surface area contributed by atoms with Crippen LogP contribution in [-0.4, -0.2) is 51.8 Å². The zero-order valence-corrected chi connectivity index (χ0v) is 20.7. The Morgan fingerprint density at radius 2 is 1.86 bits per heavy atom. The summed E-state index contributed by atoms with van der Waals surface area (Å²) in [5.74, 6) is -0.293. The standard InChI is InChI=1S/C26H33N5O5/c1-26(2,27)25(33)28-21(17-35-15-18-7-4-3-5-8-18)23-30-29-22-10-6-9-20(31(22)23)16-36-24(32)19-11-13-34-14-12-19/h3-10,19,21H,11-17,27H2,1-2H3,(H,28,33)/t21-/m1/s1. The van der Waals surface area contributed by atoms with E-state index in [0.29, 0.717) is 49.8 Å². The minimum atomic E-state index is -1.10. The number of carbonyl (C=O) groups excluding carboxylic acids is 2. The summed E-state index contributed by atoms with van der Waals surface area (Å²) in [5.41, 5.74) is 7.19. The highest BCUT2D eigenvalue weighted by Gasteiger charge is 2.29. The second kappa shape index (κ2) is 11.6. The van der Waals surface area contributed by atoms with Crippen LogP contribution in [0, 0.1) is 5.92 Å². The van der Waals surface area contributed by atoms with Crippen LogP contribution in [-0.2, 0) is 37.0 Å². The Balaban J connectivity index is 1.55. The number of aromatic nitrogens is 3. The lowest BCUT2D eigenvalue weighted by atomic mass is 10.0. The Bertz CT molecular complexity index is 1170. The number of pyridine rings is 1. The summed E-state index contributed by atoms with van der Waals surface area (Å²) in [4.78, 5) is 25.4. The lowest BCUT2D eigenvalue weighted by Gasteiger charge is -2.24. The van der Waals surface area contributed by atoms with Gasteiger partial charge in [0.25, 0.3) is 0 Å². The van der Waals surface area contributed by atoms with Crippen LogP contribution in [0.3, 0.4) is 0 Å². The quantitative estimate of drug-likeness (QED) is 0.410. The highest BCUT2D eigenvalue weighted by atomic mass is 16.5. The monoisotopic (exact) mass is 495 g/mol. The maximum atomic E-state index is 12.8. The molecule has 0 saturated carbocycles. The molecule has 1 saturated heterocycles. The number of nitrogens with one attached hydrogen (secondary N) is 1. The third-order valence-corrected chi connectivity index (χ3v) is 6.05. The summed E-state index contributed by atoms with van der Waals surface area (Å²) in [6.07, 6.45) is 1.31. The fourth-order valence-corrected chi connectivity index (χ4v) is 3.96. The van der Waals surface area contributed by atoms with E-state index >= 15 is 0 Å². The molecule has 10 nitrogen and oxygen atoms in total. The predicted octanol–water partition coefficient (Wildman–Crippen LogP) is 2.31. The molecular formula is C26H33N5O5. The Morgan fingerprint density at radius 1 is 1.11 bits per heavy atom. The van der Waals surface area contributed by atoms with Gasteiger partial charge in [0.2, 0.25) is 5.91 Å². The van der Waals surface area contributed by atoms with Crippen molar-refractivity contribution in [3.8, 4) is 0 Å². The molecule has 3 heterocycles. The zero-order valence-electron chi connectivity index (χ0n) is 20.7. The first-order valence-corrected chi connectivity index (χ1v) is 12.1. The molecule has 1 fully saturated rings. The van der Waals surface area contributed by atoms with Crippen molar-refractivity contribution in [3.05, 3.63) is 65.6 Å². The zero-order chi connectivity index (χ0) is 25.5. The highest BCUT2D eigenvalue weighted by Crippen LogP contribution is 2.20. The maximum Gasteiger partial charge on any atom is 0.309 e. The molecule has 1 amide bonds. The molecular weight excluding hydrogens is 462 g/mol. The van der Waals surface area contributed by atoms with Crippen molar-refractivity contribution < 1.29 is 23.8 Å². The number of rotatable bonds is 10. The van der Waals surface area contributed by atoms with Crippen molar-refractivity contribution in [2.24, 2.45) is 11.7 Å². The highest BCUT2D eigenvalue weighted by molar-refractivity contribution is 5.85. The van der Waals surface area contributed by atoms with E-state index in [1.165, 1.54) is 0 Å². The van der Waals surface area contributed by atoms with Gasteiger partial charge in [-0.05, 0) is 44.4 Å². The fourth-order valence-electron chi connectivity index (χ4n) is 3.96. The number of fused-ring (bicyclic) bond motifs is 1. The van der Waals surface area contributed by atoms with Crippen LogP contribution in [0.1, 0.15) is 49.8 Å². The number of ether oxygens (including phenoxy) is 3. The number of nitrogens with two attached hydrogens (primary N) is 1. The molecule has 36 heavy (non-hydrogen) atoms. The van der Waals surface area contributed by atoms with E-state index in [9.17, 15) is 9.59 Å². The van der Waals surface area contributed by atoms with Crippen molar-refractivity contribution in [1.82, 2.24) is 19.9 Å². The van der Waals surface area contributed by atoms with Gasteiger partial charge in [-0.25, -0.2) is 0 Å². The van der Waals surface area contributed by atoms with Gasteiger partial charge in [-0.3, -0.25) is 14.0 Å². The average Bonchev–Trinajstić information content (AvgIpc) is 3.32. The van der Waals surface area contributed by atoms with Crippen LogP contribution in [0.25, 0.3) is 5.65 Å². The largest absolute Gasteiger partial charge is 0.459 e. The van der Waals surface area contributed by atoms with E-state index in [4.69, 9.17) is 19.9 Å². The average molecular weight is 496 g/mol. The summed E-state index contributed by atoms with van der Waals surface area (Å²) in [5, 5.41) is 11.6. The molecule has 10 heteroatoms. The Labute approximate surface area is 210 Å². The number of amides is 1. The summed E-state index contributed by atoms with van der Waals surface area (Å²) in [6.45, 7) is 4.95. The van der Waals surface area contributed by atoms with Crippen LogP contribution in [0.5, 0.6) is 0 Å². The van der Waals surface area contributed by atoms with Gasteiger partial charge >= 0.3 is 5.97 Å². The normalized spacial score (nSPS) is 15.5. The number of benzene rings is 1. The summed E-state index contributed by atoms with van der Waals surface area (Å²) in [7, 11) is 0. The minimum absolute atomic E-state index is 0.0481. The molecule has 0 radical (unpaired) electrons. The molecule has 1 aromatic carbocycles. The molecule has 192 valence electrons. The van der Waals surface area contributed by atoms with E-state index in [1.807, 2.05) is 42.5 Å². The van der Waals surface area contributed by atoms with Gasteiger partial charge in [0, 0.05) is 13.2 Å². The van der Waals surface area contributed by atoms with Crippen molar-refractivity contribution >= 4 is 17.5 Å². The summed E-state index contributed by atoms with van der Waals surface area (Å²) in [6, 6.07) is 14.6. The number of hydrogen-bond donors (Lipinski definition) is 2. The van der Waals surface area contributed by atoms with Gasteiger partial charge in [0.1, 0.15) is 12.6 Å². The van der Waals surface area contributed by atoms with E-state index < -0.39 is 11.6 Å². The lowest BCUT2D eigenvalue weighted by Crippen LogP contribution is -2.51. The topological polar surface area (TPSA) is 130 Å². The van der Waals surface area contributed by atoms with Crippen LogP contribution in [0.4, 0.5) is 0 Å². The summed E-state index contributed by atoms with van der Waals surface area (Å²) >= 11 is 0. The number of nitrogens with zero attached hydrogens (tertiary/aromatic N) is 3. The van der Waals surface area contributed by atoms with E-state index in [-0.39, 0.29) is 31.0 Å². The van der Waals surface area contributed by atoms with Crippen LogP contribution in [0.15, 0.2) is 48.5 Å². The Morgan fingerprint density at radius 3 is 2.58 bits per heavy atom. The SMILES string of the molecule is CC(C)(N)C(=O)N[C@H](COCc1ccccc1)c1nnc2cccc(COC(=O)C3CCOCC3)n12. The Kier molecular flexibility index (Phi) is 8.29. The van der Waals surface area contributed by atoms with Gasteiger partial charge in [-0.1, -0.05) is 36.4 Å². The molecule has 3 aromatic rings. The minimum Gasteiger partial charge on any atom is -0.459 e. The van der Waals surface area contributed by atoms with Crippen molar-refractivity contribution in [3.63, 3.8) is 0 Å². The first-order chi connectivity index (χ1) is 17.3. The van der Waals surface area contributed by atoms with Crippen molar-refractivity contribution in [2.45, 2.75) is 51.5 Å². The molecule has 1 aliphatic heterocycles. The smallest absolute Gasteiger partial charge is 0.309 e. The van der Waals surface area contributed by atoms with Gasteiger partial charge in [-0.15, -0.1) is 10.2 Å². The van der Waals surface area contributed by atoms with Gasteiger partial charge < -0.3 is 25.3 Å². The molecule has 3 N–H and O–H groups in total. The van der Waals surface area contributed by atoms with Crippen LogP contribution < -0.4 is 11.1 Å². The first-order valence-electron chi connectivity index (χ1n) is 12.1. The third-order valence-electron chi connectivity index (χ3n) is 6.05. The number of carbonyl (C=O) groups is 2. The second-order valence-corrected chi connectivity index (χ2v) is 9.51. The van der Waals surface area contributed by atoms with Gasteiger partial charge in [0.05, 0.1) is 30.4 Å². The van der Waals surface area contributed by atoms with E-state index in [2.05, 4.69) is 15.5 Å². The fraction of sp³-hybridized carbons (Fsp3) is 0.462. The number of esters is 1. The van der Waals surface area contributed by atoms with Crippen molar-refractivity contribution in [1.29, 1.82) is 0 Å². The van der Waals surface area contributed by atoms with Crippen LogP contribution in [0.2, 0.25) is 0 Å². The third kappa shape index (κ3) is 6.45. The second-order valence-electron chi connectivity index (χ2n) is 9.51. The molecule has 4 rings (SSSR count). The lowest BCUT2D eigenvalue weighted by molar-refractivity contribution is -0.153. The number of hydrogen-bond acceptors (Lipinski definition) is 8. The Hall–Kier alpha value is -3.34. The van der Waals surface area contributed by atoms with Gasteiger partial charge in [-0.2, -0.15) is 0 Å². The molecule has 0 aliphatic carbocycles.